The molecule has 0 aliphatic heterocycles. The highest BCUT2D eigenvalue weighted by atomic mass is 31.2. The van der Waals surface area contributed by atoms with Crippen LogP contribution >= 0.6 is 7.37 Å². The zero-order valence-electron chi connectivity index (χ0n) is 26.8. The molecule has 5 atom stereocenters. The molecular formula is C35H45N4O6P. The molecule has 4 amide bonds. The second-order valence-corrected chi connectivity index (χ2v) is 14.7. The van der Waals surface area contributed by atoms with E-state index in [1.807, 2.05) is 24.3 Å². The average molecular weight is 649 g/mol. The van der Waals surface area contributed by atoms with Gasteiger partial charge in [-0.2, -0.15) is 0 Å². The Morgan fingerprint density at radius 3 is 1.61 bits per heavy atom. The van der Waals surface area contributed by atoms with Gasteiger partial charge in [-0.1, -0.05) is 107 Å². The van der Waals surface area contributed by atoms with Gasteiger partial charge in [0.05, 0.1) is 5.92 Å². The molecule has 0 spiro atoms. The number of nitrogens with two attached hydrogens (primary N) is 1. The predicted molar refractivity (Wildman–Crippen MR) is 179 cm³/mol. The molecule has 0 saturated heterocycles. The highest BCUT2D eigenvalue weighted by Gasteiger charge is 2.39. The van der Waals surface area contributed by atoms with Crippen LogP contribution in [-0.2, 0) is 31.8 Å². The van der Waals surface area contributed by atoms with Crippen LogP contribution in [-0.4, -0.2) is 52.6 Å². The number of benzene rings is 3. The van der Waals surface area contributed by atoms with Gasteiger partial charge < -0.3 is 26.6 Å². The first kappa shape index (κ1) is 36.2. The van der Waals surface area contributed by atoms with E-state index in [1.54, 1.807) is 94.4 Å². The molecular weight excluding hydrogens is 603 g/mol. The van der Waals surface area contributed by atoms with Gasteiger partial charge >= 0.3 is 0 Å². The Labute approximate surface area is 271 Å². The Kier molecular flexibility index (Phi) is 13.3. The van der Waals surface area contributed by atoms with E-state index in [9.17, 15) is 28.6 Å². The number of hydrogen-bond donors (Lipinski definition) is 5. The molecule has 11 heteroatoms. The van der Waals surface area contributed by atoms with Gasteiger partial charge in [-0.15, -0.1) is 0 Å². The molecule has 0 saturated carbocycles. The first-order valence-corrected chi connectivity index (χ1v) is 17.3. The van der Waals surface area contributed by atoms with Crippen molar-refractivity contribution in [3.05, 3.63) is 108 Å². The normalized spacial score (nSPS) is 15.2. The summed E-state index contributed by atoms with van der Waals surface area (Å²) in [4.78, 5) is 64.0. The van der Waals surface area contributed by atoms with E-state index in [0.717, 1.165) is 11.1 Å². The molecule has 3 aromatic rings. The average Bonchev–Trinajstić information content (AvgIpc) is 3.02. The van der Waals surface area contributed by atoms with Crippen molar-refractivity contribution in [2.75, 3.05) is 6.16 Å². The number of carbonyl (C=O) groups is 4. The molecule has 246 valence electrons. The van der Waals surface area contributed by atoms with E-state index in [0.29, 0.717) is 5.56 Å². The van der Waals surface area contributed by atoms with E-state index in [-0.39, 0.29) is 24.7 Å². The number of hydrogen-bond acceptors (Lipinski definition) is 5. The molecule has 6 N–H and O–H groups in total. The van der Waals surface area contributed by atoms with Crippen LogP contribution in [0.25, 0.3) is 0 Å². The van der Waals surface area contributed by atoms with Crippen molar-refractivity contribution in [2.45, 2.75) is 58.4 Å². The van der Waals surface area contributed by atoms with E-state index >= 15 is 0 Å². The summed E-state index contributed by atoms with van der Waals surface area (Å²) in [5, 5.41) is 8.18. The maximum Gasteiger partial charge on any atom is 0.251 e. The number of primary amides is 1. The fraction of sp³-hybridized carbons (Fsp3) is 0.371. The second kappa shape index (κ2) is 16.9. The van der Waals surface area contributed by atoms with Crippen molar-refractivity contribution >= 4 is 31.0 Å². The van der Waals surface area contributed by atoms with Gasteiger partial charge in [0.15, 0.2) is 0 Å². The zero-order valence-corrected chi connectivity index (χ0v) is 27.7. The van der Waals surface area contributed by atoms with Gasteiger partial charge in [0.2, 0.25) is 25.1 Å². The van der Waals surface area contributed by atoms with E-state index in [2.05, 4.69) is 16.0 Å². The monoisotopic (exact) mass is 648 g/mol. The van der Waals surface area contributed by atoms with E-state index in [1.165, 1.54) is 0 Å². The Hall–Kier alpha value is -4.27. The fourth-order valence-electron chi connectivity index (χ4n) is 5.15. The third kappa shape index (κ3) is 10.7. The molecule has 3 rings (SSSR count). The summed E-state index contributed by atoms with van der Waals surface area (Å²) in [7, 11) is -4.28. The van der Waals surface area contributed by atoms with Crippen LogP contribution in [0.1, 0.15) is 49.2 Å². The lowest BCUT2D eigenvalue weighted by Gasteiger charge is -2.30. The molecule has 0 fully saturated rings. The highest BCUT2D eigenvalue weighted by Crippen LogP contribution is 2.48. The molecule has 46 heavy (non-hydrogen) atoms. The summed E-state index contributed by atoms with van der Waals surface area (Å²) in [5.74, 6) is -5.25. The molecule has 2 unspecified atom stereocenters. The second-order valence-electron chi connectivity index (χ2n) is 12.2. The summed E-state index contributed by atoms with van der Waals surface area (Å²) in [6.45, 7) is 6.99. The molecule has 0 aliphatic rings. The lowest BCUT2D eigenvalue weighted by molar-refractivity contribution is -0.133. The molecule has 10 nitrogen and oxygen atoms in total. The van der Waals surface area contributed by atoms with Crippen molar-refractivity contribution in [1.82, 2.24) is 16.0 Å². The van der Waals surface area contributed by atoms with Gasteiger partial charge in [-0.25, -0.2) is 0 Å². The molecule has 0 radical (unpaired) electrons. The smallest absolute Gasteiger partial charge is 0.251 e. The first-order valence-electron chi connectivity index (χ1n) is 15.4. The van der Waals surface area contributed by atoms with Crippen LogP contribution in [0.5, 0.6) is 0 Å². The Morgan fingerprint density at radius 1 is 0.674 bits per heavy atom. The van der Waals surface area contributed by atoms with Gasteiger partial charge in [-0.05, 0) is 41.5 Å². The molecule has 0 heterocycles. The van der Waals surface area contributed by atoms with Crippen LogP contribution in [0.3, 0.4) is 0 Å². The largest absolute Gasteiger partial charge is 0.368 e. The van der Waals surface area contributed by atoms with Gasteiger partial charge in [0, 0.05) is 18.1 Å². The number of nitrogens with one attached hydrogen (secondary N) is 3. The zero-order chi connectivity index (χ0) is 33.9. The topological polar surface area (TPSA) is 168 Å². The number of carbonyl (C=O) groups excluding carboxylic acids is 4. The van der Waals surface area contributed by atoms with E-state index in [4.69, 9.17) is 5.73 Å². The minimum Gasteiger partial charge on any atom is -0.368 e. The molecule has 3 aromatic carbocycles. The lowest BCUT2D eigenvalue weighted by Crippen LogP contribution is -2.57. The Bertz CT molecular complexity index is 1500. The third-order valence-electron chi connectivity index (χ3n) is 7.79. The summed E-state index contributed by atoms with van der Waals surface area (Å²) in [6.07, 6.45) is -0.277. The minimum absolute atomic E-state index is 0.0631. The Balaban J connectivity index is 1.92. The Morgan fingerprint density at radius 2 is 1.13 bits per heavy atom. The van der Waals surface area contributed by atoms with Crippen molar-refractivity contribution in [1.29, 1.82) is 0 Å². The third-order valence-corrected chi connectivity index (χ3v) is 10.0. The SMILES string of the molecule is CC(C)[C@H](NC(=O)[C@@H](NC(=O)C(Cc1ccccc1)CP(=O)(O)[C@@H](Cc1ccccc1)NC(=O)c1ccccc1)C(C)C)C(N)=O. The lowest BCUT2D eigenvalue weighted by atomic mass is 9.97. The standard InChI is InChI=1S/C35H45N4O6P/c1-23(2)30(32(36)40)38-35(43)31(24(3)4)39-34(42)28(20-25-14-8-5-9-15-25)22-46(44,45)29(21-26-16-10-6-11-17-26)37-33(41)27-18-12-7-13-19-27/h5-19,23-24,28-31H,20-22H2,1-4H3,(H2,36,40)(H,37,41)(H,38,43)(H,39,42)(H,44,45)/t28?,29-,30-,31-/m0/s1. The van der Waals surface area contributed by atoms with Gasteiger partial charge in [-0.3, -0.25) is 23.7 Å². The summed E-state index contributed by atoms with van der Waals surface area (Å²) >= 11 is 0. The maximum atomic E-state index is 14.3. The van der Waals surface area contributed by atoms with Crippen LogP contribution in [0.4, 0.5) is 0 Å². The van der Waals surface area contributed by atoms with Crippen LogP contribution < -0.4 is 21.7 Å². The number of amides is 4. The minimum atomic E-state index is -4.28. The van der Waals surface area contributed by atoms with Crippen LogP contribution in [0, 0.1) is 17.8 Å². The van der Waals surface area contributed by atoms with Gasteiger partial charge in [0.1, 0.15) is 17.9 Å². The number of rotatable bonds is 16. The quantitative estimate of drug-likeness (QED) is 0.148. The van der Waals surface area contributed by atoms with Crippen molar-refractivity contribution in [2.24, 2.45) is 23.5 Å². The summed E-state index contributed by atoms with van der Waals surface area (Å²) < 4.78 is 14.3. The van der Waals surface area contributed by atoms with Crippen molar-refractivity contribution in [3.63, 3.8) is 0 Å². The van der Waals surface area contributed by atoms with Crippen LogP contribution in [0.15, 0.2) is 91.0 Å². The van der Waals surface area contributed by atoms with Gasteiger partial charge in [0.25, 0.3) is 5.91 Å². The van der Waals surface area contributed by atoms with E-state index < -0.39 is 60.9 Å². The molecule has 0 aromatic heterocycles. The first-order chi connectivity index (χ1) is 21.8. The van der Waals surface area contributed by atoms with Crippen molar-refractivity contribution < 1.29 is 28.6 Å². The maximum absolute atomic E-state index is 14.3. The predicted octanol–water partition coefficient (Wildman–Crippen LogP) is 3.88. The fourth-order valence-corrected chi connectivity index (χ4v) is 7.15. The summed E-state index contributed by atoms with van der Waals surface area (Å²) in [5.41, 5.74) is 7.33. The molecule has 0 bridgehead atoms. The van der Waals surface area contributed by atoms with Crippen molar-refractivity contribution in [3.8, 4) is 0 Å². The van der Waals surface area contributed by atoms with Crippen LogP contribution in [0.2, 0.25) is 0 Å². The molecule has 0 aliphatic carbocycles. The highest BCUT2D eigenvalue weighted by molar-refractivity contribution is 7.58. The summed E-state index contributed by atoms with van der Waals surface area (Å²) in [6, 6.07) is 24.5.